The lowest BCUT2D eigenvalue weighted by atomic mass is 10.1. The van der Waals surface area contributed by atoms with Crippen LogP contribution in [0.25, 0.3) is 11.0 Å². The standard InChI is InChI=1S/C19H23N3O3.C12H9ClFNO/c23-19(24)13-1-2-16-17(8-13)22(10-15-4-6-25-15)18(20-16)11-21-5-3-12-7-14(12)9-21;13-10-5-4-9(11(14)7-10)8-16-12-3-1-2-6-15-12/h1-2,8,12,14-15H,3-7,9-11H2,(H,23,24);1-7H,8H2. The molecule has 0 spiro atoms. The van der Waals surface area contributed by atoms with E-state index in [1.165, 1.54) is 25.5 Å². The number of carboxylic acid groups (broad SMARTS) is 1. The summed E-state index contributed by atoms with van der Waals surface area (Å²) < 4.78 is 26.5. The topological polar surface area (TPSA) is 89.7 Å². The highest BCUT2D eigenvalue weighted by Crippen LogP contribution is 2.45. The Morgan fingerprint density at radius 1 is 1.15 bits per heavy atom. The first-order chi connectivity index (χ1) is 19.9. The number of benzene rings is 2. The second-order valence-electron chi connectivity index (χ2n) is 10.9. The van der Waals surface area contributed by atoms with Crippen molar-refractivity contribution in [3.05, 3.63) is 88.6 Å². The van der Waals surface area contributed by atoms with Crippen LogP contribution in [0.3, 0.4) is 0 Å². The summed E-state index contributed by atoms with van der Waals surface area (Å²) in [4.78, 5) is 22.7. The maximum Gasteiger partial charge on any atom is 0.335 e. The zero-order valence-electron chi connectivity index (χ0n) is 22.6. The lowest BCUT2D eigenvalue weighted by Crippen LogP contribution is -2.34. The van der Waals surface area contributed by atoms with Gasteiger partial charge in [-0.1, -0.05) is 23.7 Å². The molecule has 0 radical (unpaired) electrons. The molecular formula is C31H32ClFN4O4. The minimum absolute atomic E-state index is 0.139. The van der Waals surface area contributed by atoms with E-state index >= 15 is 0 Å². The summed E-state index contributed by atoms with van der Waals surface area (Å²) in [6.07, 6.45) is 5.60. The van der Waals surface area contributed by atoms with E-state index in [-0.39, 0.29) is 18.5 Å². The van der Waals surface area contributed by atoms with E-state index in [0.717, 1.165) is 61.4 Å². The lowest BCUT2D eigenvalue weighted by molar-refractivity contribution is -0.0592. The molecule has 214 valence electrons. The van der Waals surface area contributed by atoms with E-state index in [2.05, 4.69) is 14.5 Å². The Morgan fingerprint density at radius 3 is 2.73 bits per heavy atom. The normalized spacial score (nSPS) is 21.4. The third-order valence-corrected chi connectivity index (χ3v) is 8.26. The molecule has 3 atom stereocenters. The highest BCUT2D eigenvalue weighted by Gasteiger charge is 2.41. The molecule has 1 N–H and O–H groups in total. The number of carboxylic acids is 1. The number of imidazole rings is 1. The number of ether oxygens (including phenoxy) is 2. The molecule has 3 fully saturated rings. The van der Waals surface area contributed by atoms with E-state index in [1.54, 1.807) is 48.7 Å². The average Bonchev–Trinajstić information content (AvgIpc) is 3.64. The number of aromatic nitrogens is 3. The highest BCUT2D eigenvalue weighted by atomic mass is 35.5. The summed E-state index contributed by atoms with van der Waals surface area (Å²) in [6, 6.07) is 15.0. The Kier molecular flexibility index (Phi) is 8.18. The van der Waals surface area contributed by atoms with Gasteiger partial charge in [0.25, 0.3) is 0 Å². The van der Waals surface area contributed by atoms with Crippen LogP contribution in [-0.2, 0) is 24.4 Å². The summed E-state index contributed by atoms with van der Waals surface area (Å²) in [5.74, 6) is 2.09. The van der Waals surface area contributed by atoms with Gasteiger partial charge < -0.3 is 19.1 Å². The first-order valence-corrected chi connectivity index (χ1v) is 14.3. The zero-order valence-corrected chi connectivity index (χ0v) is 23.3. The Bertz CT molecular complexity index is 1530. The molecule has 8 nitrogen and oxygen atoms in total. The van der Waals surface area contributed by atoms with Crippen molar-refractivity contribution >= 4 is 28.6 Å². The second kappa shape index (κ2) is 12.1. The number of hydrogen-bond donors (Lipinski definition) is 1. The van der Waals surface area contributed by atoms with Crippen LogP contribution in [-0.4, -0.2) is 56.3 Å². The van der Waals surface area contributed by atoms with Gasteiger partial charge in [0.1, 0.15) is 18.2 Å². The lowest BCUT2D eigenvalue weighted by Gasteiger charge is -2.29. The van der Waals surface area contributed by atoms with E-state index in [0.29, 0.717) is 22.0 Å². The van der Waals surface area contributed by atoms with Crippen LogP contribution in [0.15, 0.2) is 60.8 Å². The van der Waals surface area contributed by atoms with Crippen molar-refractivity contribution < 1.29 is 23.8 Å². The van der Waals surface area contributed by atoms with E-state index in [4.69, 9.17) is 26.1 Å². The van der Waals surface area contributed by atoms with E-state index < -0.39 is 5.97 Å². The first kappa shape index (κ1) is 27.6. The van der Waals surface area contributed by atoms with Crippen LogP contribution < -0.4 is 4.74 Å². The summed E-state index contributed by atoms with van der Waals surface area (Å²) in [7, 11) is 0. The van der Waals surface area contributed by atoms with Gasteiger partial charge in [-0.05, 0) is 74.0 Å². The molecule has 2 saturated heterocycles. The fourth-order valence-corrected chi connectivity index (χ4v) is 5.65. The molecule has 2 aliphatic heterocycles. The van der Waals surface area contributed by atoms with Crippen LogP contribution in [0.4, 0.5) is 4.39 Å². The highest BCUT2D eigenvalue weighted by molar-refractivity contribution is 6.30. The predicted octanol–water partition coefficient (Wildman–Crippen LogP) is 5.82. The van der Waals surface area contributed by atoms with Gasteiger partial charge in [-0.3, -0.25) is 4.90 Å². The quantitative estimate of drug-likeness (QED) is 0.282. The summed E-state index contributed by atoms with van der Waals surface area (Å²) in [6.45, 7) is 4.88. The molecule has 2 aromatic heterocycles. The number of aromatic carboxylic acids is 1. The number of carbonyl (C=O) groups is 1. The number of halogens is 2. The number of nitrogens with zero attached hydrogens (tertiary/aromatic N) is 4. The molecule has 2 aromatic carbocycles. The number of rotatable bonds is 8. The number of fused-ring (bicyclic) bond motifs is 2. The Morgan fingerprint density at radius 2 is 2.02 bits per heavy atom. The fraction of sp³-hybridized carbons (Fsp3) is 0.387. The third-order valence-electron chi connectivity index (χ3n) is 8.03. The fourth-order valence-electron chi connectivity index (χ4n) is 5.49. The summed E-state index contributed by atoms with van der Waals surface area (Å²) >= 11 is 5.64. The van der Waals surface area contributed by atoms with Crippen molar-refractivity contribution in [3.63, 3.8) is 0 Å². The SMILES string of the molecule is Fc1cc(Cl)ccc1COc1ccccn1.O=C(O)c1ccc2nc(CN3CCC4CC4C3)n(CC3CCO3)c2c1. The molecule has 3 unspecified atom stereocenters. The van der Waals surface area contributed by atoms with Crippen molar-refractivity contribution in [1.29, 1.82) is 0 Å². The smallest absolute Gasteiger partial charge is 0.335 e. The van der Waals surface area contributed by atoms with Crippen LogP contribution >= 0.6 is 11.6 Å². The molecule has 41 heavy (non-hydrogen) atoms. The zero-order chi connectivity index (χ0) is 28.3. The molecule has 3 aliphatic rings. The van der Waals surface area contributed by atoms with E-state index in [1.807, 2.05) is 6.07 Å². The van der Waals surface area contributed by atoms with Gasteiger partial charge in [-0.2, -0.15) is 0 Å². The maximum atomic E-state index is 13.4. The Balaban J connectivity index is 0.000000164. The van der Waals surface area contributed by atoms with Gasteiger partial charge in [-0.25, -0.2) is 19.2 Å². The van der Waals surface area contributed by atoms with Gasteiger partial charge in [0.05, 0.1) is 35.8 Å². The van der Waals surface area contributed by atoms with Crippen molar-refractivity contribution in [2.75, 3.05) is 19.7 Å². The molecule has 4 aromatic rings. The number of hydrogen-bond acceptors (Lipinski definition) is 6. The number of piperidine rings is 1. The Labute approximate surface area is 242 Å². The first-order valence-electron chi connectivity index (χ1n) is 14.0. The Hall–Kier alpha value is -3.53. The molecule has 0 amide bonds. The number of likely N-dealkylation sites (tertiary alicyclic amines) is 1. The van der Waals surface area contributed by atoms with Crippen LogP contribution in [0, 0.1) is 17.7 Å². The predicted molar refractivity (Wildman–Crippen MR) is 153 cm³/mol. The van der Waals surface area contributed by atoms with E-state index in [9.17, 15) is 14.3 Å². The van der Waals surface area contributed by atoms with Crippen LogP contribution in [0.5, 0.6) is 5.88 Å². The van der Waals surface area contributed by atoms with Crippen LogP contribution in [0.1, 0.15) is 41.0 Å². The minimum atomic E-state index is -0.896. The molecule has 10 heteroatoms. The monoisotopic (exact) mass is 578 g/mol. The summed E-state index contributed by atoms with van der Waals surface area (Å²) in [5.41, 5.74) is 2.55. The largest absolute Gasteiger partial charge is 0.478 e. The minimum Gasteiger partial charge on any atom is -0.478 e. The molecule has 0 bridgehead atoms. The van der Waals surface area contributed by atoms with Gasteiger partial charge in [0, 0.05) is 36.0 Å². The van der Waals surface area contributed by atoms with Crippen molar-refractivity contribution in [2.24, 2.45) is 11.8 Å². The summed E-state index contributed by atoms with van der Waals surface area (Å²) in [5, 5.41) is 9.69. The van der Waals surface area contributed by atoms with Crippen LogP contribution in [0.2, 0.25) is 5.02 Å². The van der Waals surface area contributed by atoms with Gasteiger partial charge >= 0.3 is 5.97 Å². The molecule has 7 rings (SSSR count). The molecule has 1 saturated carbocycles. The van der Waals surface area contributed by atoms with Gasteiger partial charge in [-0.15, -0.1) is 0 Å². The molecular weight excluding hydrogens is 547 g/mol. The average molecular weight is 579 g/mol. The molecule has 1 aliphatic carbocycles. The number of pyridine rings is 1. The molecule has 4 heterocycles. The van der Waals surface area contributed by atoms with Crippen molar-refractivity contribution in [2.45, 2.75) is 45.1 Å². The van der Waals surface area contributed by atoms with Gasteiger partial charge in [0.2, 0.25) is 5.88 Å². The maximum absolute atomic E-state index is 13.4. The second-order valence-corrected chi connectivity index (χ2v) is 11.3. The van der Waals surface area contributed by atoms with Crippen molar-refractivity contribution in [1.82, 2.24) is 19.4 Å². The van der Waals surface area contributed by atoms with Gasteiger partial charge in [0.15, 0.2) is 0 Å². The third kappa shape index (κ3) is 6.69. The van der Waals surface area contributed by atoms with Crippen molar-refractivity contribution in [3.8, 4) is 5.88 Å².